The van der Waals surface area contributed by atoms with Crippen molar-refractivity contribution in [2.45, 2.75) is 32.5 Å². The van der Waals surface area contributed by atoms with E-state index < -0.39 is 6.10 Å². The van der Waals surface area contributed by atoms with Crippen LogP contribution in [0.4, 0.5) is 0 Å². The highest BCUT2D eigenvalue weighted by molar-refractivity contribution is 5.80. The van der Waals surface area contributed by atoms with E-state index in [-0.39, 0.29) is 6.10 Å². The van der Waals surface area contributed by atoms with Crippen LogP contribution < -0.4 is 15.4 Å². The Morgan fingerprint density at radius 1 is 1.45 bits per heavy atom. The Bertz CT molecular complexity index is 460. The molecule has 1 heterocycles. The number of nitrogens with zero attached hydrogens (tertiary/aromatic N) is 1. The summed E-state index contributed by atoms with van der Waals surface area (Å²) in [6.45, 7) is 6.16. The van der Waals surface area contributed by atoms with Crippen molar-refractivity contribution in [3.05, 3.63) is 29.8 Å². The second kappa shape index (κ2) is 7.14. The molecule has 0 spiro atoms. The van der Waals surface area contributed by atoms with Gasteiger partial charge in [0.1, 0.15) is 5.75 Å². The van der Waals surface area contributed by atoms with Gasteiger partial charge in [-0.15, -0.1) is 0 Å². The lowest BCUT2D eigenvalue weighted by atomic mass is 10.1. The smallest absolute Gasteiger partial charge is 0.191 e. The van der Waals surface area contributed by atoms with Gasteiger partial charge in [0.05, 0.1) is 12.2 Å². The molecule has 0 bridgehead atoms. The normalized spacial score (nSPS) is 16.3. The first-order chi connectivity index (χ1) is 9.65. The highest BCUT2D eigenvalue weighted by Crippen LogP contribution is 2.19. The predicted octanol–water partition coefficient (Wildman–Crippen LogP) is 1.45. The Hall–Kier alpha value is -1.75. The van der Waals surface area contributed by atoms with Gasteiger partial charge in [-0.2, -0.15) is 0 Å². The van der Waals surface area contributed by atoms with E-state index in [1.165, 1.54) is 0 Å². The van der Waals surface area contributed by atoms with Gasteiger partial charge < -0.3 is 20.5 Å². The molecule has 0 saturated heterocycles. The molecule has 2 rings (SSSR count). The van der Waals surface area contributed by atoms with E-state index in [4.69, 9.17) is 4.74 Å². The van der Waals surface area contributed by atoms with Crippen molar-refractivity contribution in [3.63, 3.8) is 0 Å². The van der Waals surface area contributed by atoms with Crippen molar-refractivity contribution < 1.29 is 9.84 Å². The molecular formula is C15H23N3O2. The number of guanidine groups is 1. The standard InChI is InChI=1S/C15H23N3O2/c1-11(2)20-13-6-3-5-12(9-13)14(19)10-18-15-16-7-4-8-17-15/h3,5-6,9,11,14,19H,4,7-8,10H2,1-2H3,(H2,16,17,18). The average Bonchev–Trinajstić information content (AvgIpc) is 2.45. The van der Waals surface area contributed by atoms with Crippen LogP contribution in [0.15, 0.2) is 29.3 Å². The fraction of sp³-hybridized carbons (Fsp3) is 0.533. The minimum absolute atomic E-state index is 0.126. The van der Waals surface area contributed by atoms with Crippen LogP contribution in [0.25, 0.3) is 0 Å². The van der Waals surface area contributed by atoms with E-state index in [0.29, 0.717) is 6.54 Å². The van der Waals surface area contributed by atoms with Gasteiger partial charge >= 0.3 is 0 Å². The molecule has 20 heavy (non-hydrogen) atoms. The van der Waals surface area contributed by atoms with E-state index >= 15 is 0 Å². The molecule has 0 radical (unpaired) electrons. The molecule has 5 heteroatoms. The number of aliphatic hydroxyl groups is 1. The molecule has 1 atom stereocenters. The summed E-state index contributed by atoms with van der Waals surface area (Å²) in [4.78, 5) is 4.31. The number of rotatable bonds is 5. The highest BCUT2D eigenvalue weighted by atomic mass is 16.5. The highest BCUT2D eigenvalue weighted by Gasteiger charge is 2.11. The van der Waals surface area contributed by atoms with Crippen LogP contribution in [0, 0.1) is 0 Å². The molecule has 0 saturated carbocycles. The molecular weight excluding hydrogens is 254 g/mol. The number of nitrogens with one attached hydrogen (secondary N) is 2. The molecule has 1 aliphatic heterocycles. The topological polar surface area (TPSA) is 65.9 Å². The fourth-order valence-corrected chi connectivity index (χ4v) is 2.03. The number of ether oxygens (including phenoxy) is 1. The third-order valence-electron chi connectivity index (χ3n) is 2.97. The van der Waals surface area contributed by atoms with Crippen molar-refractivity contribution >= 4 is 5.96 Å². The van der Waals surface area contributed by atoms with Gasteiger partial charge in [0, 0.05) is 19.6 Å². The summed E-state index contributed by atoms with van der Waals surface area (Å²) in [5, 5.41) is 16.5. The van der Waals surface area contributed by atoms with Gasteiger partial charge in [-0.25, -0.2) is 0 Å². The van der Waals surface area contributed by atoms with Crippen LogP contribution >= 0.6 is 0 Å². The summed E-state index contributed by atoms with van der Waals surface area (Å²) in [5.74, 6) is 1.55. The van der Waals surface area contributed by atoms with E-state index in [2.05, 4.69) is 15.6 Å². The lowest BCUT2D eigenvalue weighted by Gasteiger charge is -2.19. The SMILES string of the molecule is CC(C)Oc1cccc(C(O)CNC2=NCCCN2)c1. The summed E-state index contributed by atoms with van der Waals surface area (Å²) in [5.41, 5.74) is 0.840. The second-order valence-electron chi connectivity index (χ2n) is 5.15. The maximum Gasteiger partial charge on any atom is 0.191 e. The largest absolute Gasteiger partial charge is 0.491 e. The number of aliphatic hydroxyl groups excluding tert-OH is 1. The molecule has 1 aromatic carbocycles. The molecule has 110 valence electrons. The number of hydrogen-bond acceptors (Lipinski definition) is 5. The Balaban J connectivity index is 1.91. The molecule has 0 fully saturated rings. The van der Waals surface area contributed by atoms with Gasteiger partial charge in [0.15, 0.2) is 5.96 Å². The predicted molar refractivity (Wildman–Crippen MR) is 80.1 cm³/mol. The second-order valence-corrected chi connectivity index (χ2v) is 5.15. The average molecular weight is 277 g/mol. The third kappa shape index (κ3) is 4.42. The summed E-state index contributed by atoms with van der Waals surface area (Å²) >= 11 is 0. The van der Waals surface area contributed by atoms with Crippen molar-refractivity contribution in [1.82, 2.24) is 10.6 Å². The van der Waals surface area contributed by atoms with Gasteiger partial charge in [-0.3, -0.25) is 4.99 Å². The molecule has 0 amide bonds. The van der Waals surface area contributed by atoms with E-state index in [1.54, 1.807) is 0 Å². The molecule has 1 unspecified atom stereocenters. The van der Waals surface area contributed by atoms with Crippen molar-refractivity contribution in [3.8, 4) is 5.75 Å². The number of aliphatic imine (C=N–C) groups is 1. The fourth-order valence-electron chi connectivity index (χ4n) is 2.03. The van der Waals surface area contributed by atoms with Crippen LogP contribution in [0.3, 0.4) is 0 Å². The summed E-state index contributed by atoms with van der Waals surface area (Å²) in [7, 11) is 0. The van der Waals surface area contributed by atoms with Crippen LogP contribution in [0.1, 0.15) is 31.9 Å². The van der Waals surface area contributed by atoms with Crippen LogP contribution in [0.2, 0.25) is 0 Å². The Morgan fingerprint density at radius 2 is 2.30 bits per heavy atom. The lowest BCUT2D eigenvalue weighted by molar-refractivity contribution is 0.179. The molecule has 0 aromatic heterocycles. The molecule has 3 N–H and O–H groups in total. The Labute approximate surface area is 120 Å². The molecule has 5 nitrogen and oxygen atoms in total. The van der Waals surface area contributed by atoms with E-state index in [9.17, 15) is 5.11 Å². The maximum atomic E-state index is 10.2. The monoisotopic (exact) mass is 277 g/mol. The van der Waals surface area contributed by atoms with Crippen molar-refractivity contribution in [2.24, 2.45) is 4.99 Å². The first kappa shape index (κ1) is 14.7. The lowest BCUT2D eigenvalue weighted by Crippen LogP contribution is -2.42. The van der Waals surface area contributed by atoms with Crippen molar-refractivity contribution in [1.29, 1.82) is 0 Å². The van der Waals surface area contributed by atoms with Gasteiger partial charge in [-0.1, -0.05) is 12.1 Å². The van der Waals surface area contributed by atoms with Crippen LogP contribution in [-0.4, -0.2) is 36.8 Å². The summed E-state index contributed by atoms with van der Waals surface area (Å²) in [6, 6.07) is 7.57. The molecule has 1 aliphatic rings. The third-order valence-corrected chi connectivity index (χ3v) is 2.97. The Kier molecular flexibility index (Phi) is 5.24. The van der Waals surface area contributed by atoms with Crippen LogP contribution in [0.5, 0.6) is 5.75 Å². The zero-order valence-corrected chi connectivity index (χ0v) is 12.1. The van der Waals surface area contributed by atoms with Gasteiger partial charge in [0.2, 0.25) is 0 Å². The van der Waals surface area contributed by atoms with E-state index in [1.807, 2.05) is 38.1 Å². The zero-order valence-electron chi connectivity index (χ0n) is 12.1. The maximum absolute atomic E-state index is 10.2. The first-order valence-electron chi connectivity index (χ1n) is 7.12. The van der Waals surface area contributed by atoms with E-state index in [0.717, 1.165) is 36.8 Å². The quantitative estimate of drug-likeness (QED) is 0.762. The van der Waals surface area contributed by atoms with Crippen LogP contribution in [-0.2, 0) is 0 Å². The molecule has 1 aromatic rings. The number of benzene rings is 1. The summed E-state index contributed by atoms with van der Waals surface area (Å²) < 4.78 is 5.63. The van der Waals surface area contributed by atoms with Gasteiger partial charge in [0.25, 0.3) is 0 Å². The minimum Gasteiger partial charge on any atom is -0.491 e. The summed E-state index contributed by atoms with van der Waals surface area (Å²) in [6.07, 6.45) is 0.598. The Morgan fingerprint density at radius 3 is 3.00 bits per heavy atom. The van der Waals surface area contributed by atoms with Gasteiger partial charge in [-0.05, 0) is 38.0 Å². The minimum atomic E-state index is -0.586. The van der Waals surface area contributed by atoms with Crippen molar-refractivity contribution in [2.75, 3.05) is 19.6 Å². The zero-order chi connectivity index (χ0) is 14.4. The number of hydrogen-bond donors (Lipinski definition) is 3. The first-order valence-corrected chi connectivity index (χ1v) is 7.12. The molecule has 0 aliphatic carbocycles.